The van der Waals surface area contributed by atoms with Crippen LogP contribution in [0.1, 0.15) is 55.7 Å². The first-order chi connectivity index (χ1) is 13.9. The Balaban J connectivity index is 1.37. The molecule has 4 nitrogen and oxygen atoms in total. The summed E-state index contributed by atoms with van der Waals surface area (Å²) in [6.45, 7) is 3.07. The summed E-state index contributed by atoms with van der Waals surface area (Å²) in [5.41, 5.74) is 0.846. The zero-order valence-electron chi connectivity index (χ0n) is 16.3. The molecule has 1 amide bonds. The minimum absolute atomic E-state index is 0.0149. The van der Waals surface area contributed by atoms with Crippen molar-refractivity contribution in [2.75, 3.05) is 13.1 Å². The van der Waals surface area contributed by atoms with E-state index in [2.05, 4.69) is 4.98 Å². The highest BCUT2D eigenvalue weighted by atomic mass is 32.1. The van der Waals surface area contributed by atoms with Crippen LogP contribution in [0.3, 0.4) is 0 Å². The monoisotopic (exact) mass is 418 g/mol. The molecule has 3 saturated carbocycles. The Hall–Kier alpha value is -1.86. The topological polar surface area (TPSA) is 42.4 Å². The molecule has 0 radical (unpaired) electrons. The van der Waals surface area contributed by atoms with Crippen molar-refractivity contribution in [2.24, 2.45) is 11.3 Å². The van der Waals surface area contributed by atoms with E-state index < -0.39 is 6.43 Å². The van der Waals surface area contributed by atoms with E-state index in [-0.39, 0.29) is 29.1 Å². The van der Waals surface area contributed by atoms with Crippen LogP contribution < -0.4 is 0 Å². The van der Waals surface area contributed by atoms with Crippen LogP contribution in [0.4, 0.5) is 8.78 Å². The molecular formula is C22H24F2N2O2S. The third-order valence-corrected chi connectivity index (χ3v) is 7.60. The maximum absolute atomic E-state index is 13.4. The van der Waals surface area contributed by atoms with E-state index in [1.54, 1.807) is 23.6 Å². The average molecular weight is 419 g/mol. The van der Waals surface area contributed by atoms with Crippen LogP contribution in [0.15, 0.2) is 29.6 Å². The fourth-order valence-corrected chi connectivity index (χ4v) is 6.13. The van der Waals surface area contributed by atoms with Gasteiger partial charge in [-0.2, -0.15) is 0 Å². The number of morpholine rings is 1. The second kappa shape index (κ2) is 7.13. The maximum atomic E-state index is 13.4. The van der Waals surface area contributed by atoms with Crippen molar-refractivity contribution >= 4 is 17.2 Å². The van der Waals surface area contributed by atoms with Crippen LogP contribution in [0, 0.1) is 11.3 Å². The molecule has 1 aromatic carbocycles. The average Bonchev–Trinajstić information content (AvgIpc) is 3.42. The lowest BCUT2D eigenvalue weighted by atomic mass is 9.68. The Morgan fingerprint density at radius 3 is 2.83 bits per heavy atom. The summed E-state index contributed by atoms with van der Waals surface area (Å²) in [5, 5.41) is 2.54. The predicted molar refractivity (Wildman–Crippen MR) is 107 cm³/mol. The van der Waals surface area contributed by atoms with E-state index in [1.165, 1.54) is 23.8 Å². The van der Waals surface area contributed by atoms with Crippen molar-refractivity contribution in [3.8, 4) is 11.3 Å². The molecule has 154 valence electrons. The second-order valence-electron chi connectivity index (χ2n) is 8.70. The zero-order valence-corrected chi connectivity index (χ0v) is 17.1. The quantitative estimate of drug-likeness (QED) is 0.683. The molecule has 1 saturated heterocycles. The van der Waals surface area contributed by atoms with Gasteiger partial charge in [0.1, 0.15) is 11.1 Å². The van der Waals surface area contributed by atoms with Gasteiger partial charge in [-0.15, -0.1) is 11.3 Å². The number of carbonyl (C=O) groups is 1. The van der Waals surface area contributed by atoms with Gasteiger partial charge in [-0.25, -0.2) is 13.8 Å². The predicted octanol–water partition coefficient (Wildman–Crippen LogP) is 5.23. The SMILES string of the molecule is CC1CN(C(=O)C23CCC(C2)C3)CC(c2nc(-c3ccccc3C(F)F)cs2)O1. The van der Waals surface area contributed by atoms with E-state index in [0.29, 0.717) is 24.3 Å². The van der Waals surface area contributed by atoms with Crippen molar-refractivity contribution in [1.82, 2.24) is 9.88 Å². The third kappa shape index (κ3) is 3.28. The van der Waals surface area contributed by atoms with Gasteiger partial charge in [0.05, 0.1) is 18.3 Å². The molecular weight excluding hydrogens is 394 g/mol. The number of halogens is 2. The van der Waals surface area contributed by atoms with E-state index in [0.717, 1.165) is 30.2 Å². The number of aromatic nitrogens is 1. The molecule has 3 aliphatic carbocycles. The maximum Gasteiger partial charge on any atom is 0.264 e. The first-order valence-electron chi connectivity index (χ1n) is 10.2. The van der Waals surface area contributed by atoms with E-state index in [1.807, 2.05) is 11.8 Å². The molecule has 2 heterocycles. The molecule has 0 spiro atoms. The number of thiazole rings is 1. The molecule has 6 rings (SSSR count). The van der Waals surface area contributed by atoms with Gasteiger partial charge in [-0.05, 0) is 38.5 Å². The first-order valence-corrected chi connectivity index (χ1v) is 11.1. The van der Waals surface area contributed by atoms with Gasteiger partial charge in [-0.3, -0.25) is 4.79 Å². The second-order valence-corrected chi connectivity index (χ2v) is 9.59. The van der Waals surface area contributed by atoms with Gasteiger partial charge in [-0.1, -0.05) is 24.3 Å². The first kappa shape index (κ1) is 19.1. The Bertz CT molecular complexity index is 920. The molecule has 2 atom stereocenters. The number of hydrogen-bond acceptors (Lipinski definition) is 4. The number of amides is 1. The number of ether oxygens (including phenoxy) is 1. The standard InChI is InChI=1S/C22H24F2N2O2S/c1-13-10-26(21(27)22-7-6-14(8-22)9-22)11-18(28-13)20-25-17(12-29-20)15-4-2-3-5-16(15)19(23)24/h2-5,12-14,18-19H,6-11H2,1H3. The lowest BCUT2D eigenvalue weighted by Gasteiger charge is -2.44. The van der Waals surface area contributed by atoms with Crippen molar-refractivity contribution in [3.05, 3.63) is 40.2 Å². The normalized spacial score (nSPS) is 31.2. The summed E-state index contributed by atoms with van der Waals surface area (Å²) in [7, 11) is 0. The smallest absolute Gasteiger partial charge is 0.264 e. The van der Waals surface area contributed by atoms with Crippen LogP contribution >= 0.6 is 11.3 Å². The number of rotatable bonds is 4. The summed E-state index contributed by atoms with van der Waals surface area (Å²) in [5.74, 6) is 1.01. The van der Waals surface area contributed by atoms with Crippen LogP contribution in [0.2, 0.25) is 0 Å². The van der Waals surface area contributed by atoms with Crippen LogP contribution in [0.5, 0.6) is 0 Å². The van der Waals surface area contributed by atoms with Gasteiger partial charge in [0, 0.05) is 28.5 Å². The largest absolute Gasteiger partial charge is 0.364 e. The molecule has 1 aliphatic heterocycles. The molecule has 7 heteroatoms. The molecule has 1 aromatic heterocycles. The van der Waals surface area contributed by atoms with E-state index in [4.69, 9.17) is 4.74 Å². The molecule has 2 unspecified atom stereocenters. The van der Waals surface area contributed by atoms with E-state index >= 15 is 0 Å². The summed E-state index contributed by atoms with van der Waals surface area (Å²) in [4.78, 5) is 19.8. The van der Waals surface area contributed by atoms with Crippen LogP contribution in [0.25, 0.3) is 11.3 Å². The lowest BCUT2D eigenvalue weighted by Crippen LogP contribution is -2.53. The van der Waals surface area contributed by atoms with Gasteiger partial charge in [0.2, 0.25) is 5.91 Å². The summed E-state index contributed by atoms with van der Waals surface area (Å²) in [6.07, 6.45) is 1.32. The molecule has 2 aromatic rings. The molecule has 2 bridgehead atoms. The molecule has 4 fully saturated rings. The molecule has 29 heavy (non-hydrogen) atoms. The summed E-state index contributed by atoms with van der Waals surface area (Å²) in [6, 6.07) is 6.46. The minimum Gasteiger partial charge on any atom is -0.364 e. The zero-order chi connectivity index (χ0) is 20.2. The van der Waals surface area contributed by atoms with Crippen molar-refractivity contribution in [1.29, 1.82) is 0 Å². The fourth-order valence-electron chi connectivity index (χ4n) is 5.28. The Morgan fingerprint density at radius 2 is 2.10 bits per heavy atom. The Kier molecular flexibility index (Phi) is 4.70. The van der Waals surface area contributed by atoms with Gasteiger partial charge >= 0.3 is 0 Å². The number of fused-ring (bicyclic) bond motifs is 1. The highest BCUT2D eigenvalue weighted by Crippen LogP contribution is 2.59. The lowest BCUT2D eigenvalue weighted by molar-refractivity contribution is -0.159. The van der Waals surface area contributed by atoms with Gasteiger partial charge in [0.15, 0.2) is 0 Å². The highest BCUT2D eigenvalue weighted by Gasteiger charge is 2.56. The van der Waals surface area contributed by atoms with Crippen molar-refractivity contribution in [3.63, 3.8) is 0 Å². The number of alkyl halides is 2. The number of benzene rings is 1. The number of carbonyl (C=O) groups excluding carboxylic acids is 1. The van der Waals surface area contributed by atoms with E-state index in [9.17, 15) is 13.6 Å². The molecule has 4 aliphatic rings. The third-order valence-electron chi connectivity index (χ3n) is 6.66. The number of nitrogens with zero attached hydrogens (tertiary/aromatic N) is 2. The van der Waals surface area contributed by atoms with Gasteiger partial charge < -0.3 is 9.64 Å². The van der Waals surface area contributed by atoms with Gasteiger partial charge in [0.25, 0.3) is 6.43 Å². The molecule has 0 N–H and O–H groups in total. The van der Waals surface area contributed by atoms with Crippen molar-refractivity contribution in [2.45, 2.75) is 51.2 Å². The fraction of sp³-hybridized carbons (Fsp3) is 0.545. The van der Waals surface area contributed by atoms with Crippen LogP contribution in [-0.4, -0.2) is 35.0 Å². The van der Waals surface area contributed by atoms with Crippen molar-refractivity contribution < 1.29 is 18.3 Å². The minimum atomic E-state index is -2.55. The van der Waals surface area contributed by atoms with Crippen LogP contribution in [-0.2, 0) is 9.53 Å². The number of hydrogen-bond donors (Lipinski definition) is 0. The highest BCUT2D eigenvalue weighted by molar-refractivity contribution is 7.10. The Labute approximate surface area is 172 Å². The summed E-state index contributed by atoms with van der Waals surface area (Å²) < 4.78 is 32.8. The Morgan fingerprint density at radius 1 is 1.31 bits per heavy atom. The summed E-state index contributed by atoms with van der Waals surface area (Å²) >= 11 is 1.41.